The molecule has 0 saturated heterocycles. The van der Waals surface area contributed by atoms with Crippen LogP contribution < -0.4 is 19.3 Å². The number of aromatic amines is 1. The maximum atomic E-state index is 15.3. The van der Waals surface area contributed by atoms with Gasteiger partial charge in [-0.2, -0.15) is 0 Å². The van der Waals surface area contributed by atoms with E-state index in [2.05, 4.69) is 16.9 Å². The number of amides is 2. The molecule has 9 heteroatoms. The maximum Gasteiger partial charge on any atom is 0.329 e. The zero-order chi connectivity index (χ0) is 22.6. The number of pyridine rings is 1. The summed E-state index contributed by atoms with van der Waals surface area (Å²) in [5.41, 5.74) is 1.66. The van der Waals surface area contributed by atoms with Crippen LogP contribution in [0.2, 0.25) is 0 Å². The molecule has 2 atom stereocenters. The van der Waals surface area contributed by atoms with E-state index in [1.165, 1.54) is 14.2 Å². The molecule has 1 N–H and O–H groups in total. The van der Waals surface area contributed by atoms with Crippen molar-refractivity contribution in [2.75, 3.05) is 24.0 Å². The maximum absolute atomic E-state index is 15.3. The highest BCUT2D eigenvalue weighted by Gasteiger charge is 2.43. The van der Waals surface area contributed by atoms with Crippen LogP contribution in [-0.2, 0) is 6.54 Å². The quantitative estimate of drug-likeness (QED) is 0.618. The molecule has 32 heavy (non-hydrogen) atoms. The van der Waals surface area contributed by atoms with Gasteiger partial charge in [0.25, 0.3) is 0 Å². The molecule has 0 bridgehead atoms. The average molecular weight is 442 g/mol. The van der Waals surface area contributed by atoms with E-state index in [1.54, 1.807) is 17.3 Å². The normalized spacial score (nSPS) is 20.7. The Morgan fingerprint density at radius 1 is 1.12 bits per heavy atom. The van der Waals surface area contributed by atoms with Crippen molar-refractivity contribution in [3.8, 4) is 11.5 Å². The molecule has 2 amide bonds. The molecule has 0 unspecified atom stereocenters. The largest absolute Gasteiger partial charge is 0.493 e. The number of H-pyrrole nitrogens is 1. The highest BCUT2D eigenvalue weighted by atomic mass is 19.1. The summed E-state index contributed by atoms with van der Waals surface area (Å²) in [6.45, 7) is 2.08. The number of carbonyl (C=O) groups is 1. The number of nitrogens with one attached hydrogen (secondary N) is 1. The fourth-order valence-corrected chi connectivity index (χ4v) is 5.00. The summed E-state index contributed by atoms with van der Waals surface area (Å²) in [6.07, 6.45) is 6.23. The second kappa shape index (κ2) is 7.65. The molecule has 1 aromatic carbocycles. The van der Waals surface area contributed by atoms with Crippen LogP contribution in [0, 0.1) is 17.6 Å². The zero-order valence-electron chi connectivity index (χ0n) is 18.1. The van der Waals surface area contributed by atoms with Crippen molar-refractivity contribution in [2.45, 2.75) is 38.8 Å². The number of hydrogen-bond donors (Lipinski definition) is 1. The number of ether oxygens (including phenoxy) is 2. The summed E-state index contributed by atoms with van der Waals surface area (Å²) >= 11 is 0. The fourth-order valence-electron chi connectivity index (χ4n) is 5.00. The first-order valence-corrected chi connectivity index (χ1v) is 10.6. The first-order chi connectivity index (χ1) is 15.5. The molecule has 1 fully saturated rings. The van der Waals surface area contributed by atoms with Gasteiger partial charge in [0.05, 0.1) is 26.5 Å². The monoisotopic (exact) mass is 442 g/mol. The number of rotatable bonds is 4. The number of methoxy groups -OCH3 is 2. The molecule has 1 aliphatic carbocycles. The Labute approximate surface area is 183 Å². The van der Waals surface area contributed by atoms with E-state index in [4.69, 9.17) is 9.47 Å². The predicted molar refractivity (Wildman–Crippen MR) is 116 cm³/mol. The molecule has 0 spiro atoms. The van der Waals surface area contributed by atoms with E-state index >= 15 is 8.78 Å². The molecule has 1 saturated carbocycles. The minimum atomic E-state index is -0.947. The molecule has 2 aromatic heterocycles. The van der Waals surface area contributed by atoms with E-state index in [9.17, 15) is 4.79 Å². The van der Waals surface area contributed by atoms with Crippen molar-refractivity contribution < 1.29 is 23.0 Å². The molecule has 5 rings (SSSR count). The molecule has 2 aliphatic rings. The minimum absolute atomic E-state index is 0.0238. The smallest absolute Gasteiger partial charge is 0.329 e. The number of carbonyl (C=O) groups excluding carboxylic acids is 1. The number of aromatic nitrogens is 2. The lowest BCUT2D eigenvalue weighted by Gasteiger charge is -2.41. The number of hydrogen-bond acceptors (Lipinski definition) is 4. The Kier molecular flexibility index (Phi) is 4.91. The van der Waals surface area contributed by atoms with Crippen LogP contribution in [0.4, 0.5) is 25.0 Å². The molecule has 3 heterocycles. The third-order valence-electron chi connectivity index (χ3n) is 6.61. The highest BCUT2D eigenvalue weighted by molar-refractivity contribution is 6.11. The number of benzene rings is 1. The Morgan fingerprint density at radius 2 is 1.84 bits per heavy atom. The minimum Gasteiger partial charge on any atom is -0.493 e. The van der Waals surface area contributed by atoms with Crippen molar-refractivity contribution in [3.63, 3.8) is 0 Å². The molecular weight excluding hydrogens is 418 g/mol. The lowest BCUT2D eigenvalue weighted by molar-refractivity contribution is 0.245. The van der Waals surface area contributed by atoms with Gasteiger partial charge in [-0.3, -0.25) is 9.80 Å². The van der Waals surface area contributed by atoms with Crippen LogP contribution >= 0.6 is 0 Å². The number of urea groups is 1. The van der Waals surface area contributed by atoms with Gasteiger partial charge in [0.1, 0.15) is 11.3 Å². The van der Waals surface area contributed by atoms with Gasteiger partial charge in [-0.15, -0.1) is 0 Å². The third-order valence-corrected chi connectivity index (χ3v) is 6.61. The van der Waals surface area contributed by atoms with Gasteiger partial charge in [-0.25, -0.2) is 18.6 Å². The zero-order valence-corrected chi connectivity index (χ0v) is 18.1. The van der Waals surface area contributed by atoms with Crippen molar-refractivity contribution in [1.82, 2.24) is 9.97 Å². The average Bonchev–Trinajstić information content (AvgIpc) is 3.43. The first kappa shape index (κ1) is 20.5. The van der Waals surface area contributed by atoms with Crippen molar-refractivity contribution in [3.05, 3.63) is 41.7 Å². The highest BCUT2D eigenvalue weighted by Crippen LogP contribution is 2.45. The molecular formula is C23H24F2N4O3. The van der Waals surface area contributed by atoms with Crippen molar-refractivity contribution >= 4 is 28.4 Å². The molecule has 1 aliphatic heterocycles. The number of anilines is 2. The first-order valence-electron chi connectivity index (χ1n) is 10.6. The van der Waals surface area contributed by atoms with E-state index in [0.717, 1.165) is 46.9 Å². The summed E-state index contributed by atoms with van der Waals surface area (Å²) < 4.78 is 40.8. The van der Waals surface area contributed by atoms with E-state index < -0.39 is 23.4 Å². The number of fused-ring (bicyclic) bond motifs is 3. The van der Waals surface area contributed by atoms with Crippen LogP contribution in [0.3, 0.4) is 0 Å². The molecule has 168 valence electrons. The van der Waals surface area contributed by atoms with Crippen LogP contribution in [0.1, 0.15) is 31.7 Å². The Balaban J connectivity index is 1.73. The number of halogens is 2. The second-order valence-corrected chi connectivity index (χ2v) is 8.34. The summed E-state index contributed by atoms with van der Waals surface area (Å²) in [4.78, 5) is 24.3. The van der Waals surface area contributed by atoms with Crippen molar-refractivity contribution in [1.29, 1.82) is 0 Å². The summed E-state index contributed by atoms with van der Waals surface area (Å²) in [5.74, 6) is -2.03. The van der Waals surface area contributed by atoms with Crippen LogP contribution in [0.5, 0.6) is 11.5 Å². The summed E-state index contributed by atoms with van der Waals surface area (Å²) in [5, 5.41) is 0.818. The standard InChI is InChI=1S/C23H24F2N4O3/c1-12-5-4-6-15(12)29-20-13(10-27-22-14(20)7-8-26-22)11-28(23(29)30)21-18(24)16(31-2)9-17(32-3)19(21)25/h7-10,12,15H,4-6,11H2,1-3H3,(H,26,27)/t12-,15-/m1/s1. The van der Waals surface area contributed by atoms with Gasteiger partial charge < -0.3 is 14.5 Å². The van der Waals surface area contributed by atoms with Gasteiger partial charge in [0, 0.05) is 35.5 Å². The van der Waals surface area contributed by atoms with E-state index in [0.29, 0.717) is 5.65 Å². The van der Waals surface area contributed by atoms with Crippen molar-refractivity contribution in [2.24, 2.45) is 5.92 Å². The summed E-state index contributed by atoms with van der Waals surface area (Å²) in [7, 11) is 2.57. The van der Waals surface area contributed by atoms with E-state index in [-0.39, 0.29) is 30.0 Å². The molecule has 3 aromatic rings. The lowest BCUT2D eigenvalue weighted by Crippen LogP contribution is -2.53. The molecule has 7 nitrogen and oxygen atoms in total. The Bertz CT molecular complexity index is 1180. The van der Waals surface area contributed by atoms with Gasteiger partial charge in [0.2, 0.25) is 0 Å². The lowest BCUT2D eigenvalue weighted by atomic mass is 10.00. The Hall–Kier alpha value is -3.36. The van der Waals surface area contributed by atoms with Gasteiger partial charge in [0.15, 0.2) is 23.1 Å². The van der Waals surface area contributed by atoms with Gasteiger partial charge in [-0.1, -0.05) is 13.3 Å². The van der Waals surface area contributed by atoms with Gasteiger partial charge in [-0.05, 0) is 24.8 Å². The van der Waals surface area contributed by atoms with Crippen LogP contribution in [0.25, 0.3) is 11.0 Å². The second-order valence-electron chi connectivity index (χ2n) is 8.34. The Morgan fingerprint density at radius 3 is 2.47 bits per heavy atom. The molecule has 0 radical (unpaired) electrons. The van der Waals surface area contributed by atoms with Crippen LogP contribution in [0.15, 0.2) is 24.5 Å². The van der Waals surface area contributed by atoms with Gasteiger partial charge >= 0.3 is 6.03 Å². The third kappa shape index (κ3) is 2.91. The SMILES string of the molecule is COc1cc(OC)c(F)c(N2Cc3cnc4[nH]ccc4c3N([C@@H]3CCC[C@H]3C)C2=O)c1F. The topological polar surface area (TPSA) is 70.7 Å². The predicted octanol–water partition coefficient (Wildman–Crippen LogP) is 4.99. The van der Waals surface area contributed by atoms with Crippen LogP contribution in [-0.4, -0.2) is 36.3 Å². The summed E-state index contributed by atoms with van der Waals surface area (Å²) in [6, 6.07) is 2.46. The fraction of sp³-hybridized carbons (Fsp3) is 0.391. The number of nitrogens with zero attached hydrogens (tertiary/aromatic N) is 3. The van der Waals surface area contributed by atoms with E-state index in [1.807, 2.05) is 6.07 Å².